The van der Waals surface area contributed by atoms with Crippen molar-refractivity contribution in [3.05, 3.63) is 63.6 Å². The maximum Gasteiger partial charge on any atom is 0.290 e. The number of nitrogens with one attached hydrogen (secondary N) is 1. The summed E-state index contributed by atoms with van der Waals surface area (Å²) in [6, 6.07) is 5.40. The van der Waals surface area contributed by atoms with Crippen molar-refractivity contribution >= 4 is 29.0 Å². The summed E-state index contributed by atoms with van der Waals surface area (Å²) in [5.41, 5.74) is 4.64. The van der Waals surface area contributed by atoms with E-state index >= 15 is 0 Å². The Hall–Kier alpha value is -3.39. The van der Waals surface area contributed by atoms with Crippen molar-refractivity contribution in [2.75, 3.05) is 20.3 Å². The average Bonchev–Trinajstić information content (AvgIpc) is 3.17. The molecule has 2 aromatic rings. The molecule has 2 aromatic carbocycles. The van der Waals surface area contributed by atoms with Crippen LogP contribution in [0.2, 0.25) is 0 Å². The van der Waals surface area contributed by atoms with Crippen molar-refractivity contribution < 1.29 is 28.5 Å². The highest BCUT2D eigenvalue weighted by Gasteiger charge is 2.36. The second-order valence-corrected chi connectivity index (χ2v) is 10.2. The summed E-state index contributed by atoms with van der Waals surface area (Å²) in [5.74, 6) is 2.53. The number of rotatable bonds is 8. The number of carbonyl (C=O) groups excluding carboxylic acids is 2. The van der Waals surface area contributed by atoms with Crippen LogP contribution in [0.4, 0.5) is 4.79 Å². The standard InChI is InChI=1S/C28H31NO6S/c1-7-12-33-24-16(2)17(3)25-20(18(24)4)10-11-28(5,35-25)15-34-21-9-8-19(13-22(21)32-6)14-23-26(30)29-27(31)36-23/h7-9,13-14H,1,10-12,15H2,2-6H3,(H,29,30,31)/b23-14-/t28-/m0/s1. The molecule has 8 heteroatoms. The van der Waals surface area contributed by atoms with Gasteiger partial charge in [0.1, 0.15) is 30.3 Å². The van der Waals surface area contributed by atoms with Gasteiger partial charge in [-0.25, -0.2) is 0 Å². The average molecular weight is 510 g/mol. The van der Waals surface area contributed by atoms with Crippen LogP contribution in [0.5, 0.6) is 23.0 Å². The molecule has 36 heavy (non-hydrogen) atoms. The second-order valence-electron chi connectivity index (χ2n) is 9.21. The van der Waals surface area contributed by atoms with Gasteiger partial charge < -0.3 is 18.9 Å². The minimum Gasteiger partial charge on any atom is -0.493 e. The maximum absolute atomic E-state index is 11.8. The molecule has 0 aliphatic carbocycles. The summed E-state index contributed by atoms with van der Waals surface area (Å²) in [7, 11) is 1.57. The number of thioether (sulfide) groups is 1. The van der Waals surface area contributed by atoms with Crippen LogP contribution in [0.3, 0.4) is 0 Å². The molecule has 1 N–H and O–H groups in total. The number of hydrogen-bond donors (Lipinski definition) is 1. The Morgan fingerprint density at radius 3 is 2.58 bits per heavy atom. The summed E-state index contributed by atoms with van der Waals surface area (Å²) in [6.07, 6.45) is 5.05. The zero-order valence-corrected chi connectivity index (χ0v) is 22.1. The van der Waals surface area contributed by atoms with Crippen molar-refractivity contribution in [2.24, 2.45) is 0 Å². The van der Waals surface area contributed by atoms with Crippen LogP contribution in [0.15, 0.2) is 35.8 Å². The highest BCUT2D eigenvalue weighted by Crippen LogP contribution is 2.44. The number of ether oxygens (including phenoxy) is 4. The van der Waals surface area contributed by atoms with Gasteiger partial charge >= 0.3 is 0 Å². The molecular formula is C28H31NO6S. The summed E-state index contributed by atoms with van der Waals surface area (Å²) in [4.78, 5) is 23.6. The van der Waals surface area contributed by atoms with Gasteiger partial charge in [0.25, 0.3) is 11.1 Å². The van der Waals surface area contributed by atoms with Gasteiger partial charge in [-0.1, -0.05) is 18.7 Å². The molecular weight excluding hydrogens is 478 g/mol. The molecule has 0 spiro atoms. The third kappa shape index (κ3) is 5.09. The van der Waals surface area contributed by atoms with Crippen LogP contribution in [0.1, 0.15) is 41.2 Å². The Morgan fingerprint density at radius 1 is 1.14 bits per heavy atom. The number of benzene rings is 2. The van der Waals surface area contributed by atoms with Crippen LogP contribution in [0, 0.1) is 20.8 Å². The first-order chi connectivity index (χ1) is 17.2. The first-order valence-corrected chi connectivity index (χ1v) is 12.6. The number of fused-ring (bicyclic) bond motifs is 1. The smallest absolute Gasteiger partial charge is 0.290 e. The molecule has 0 aromatic heterocycles. The van der Waals surface area contributed by atoms with Crippen molar-refractivity contribution in [1.29, 1.82) is 0 Å². The molecule has 2 heterocycles. The monoisotopic (exact) mass is 509 g/mol. The lowest BCUT2D eigenvalue weighted by Crippen LogP contribution is -2.42. The van der Waals surface area contributed by atoms with E-state index in [1.807, 2.05) is 6.07 Å². The topological polar surface area (TPSA) is 83.1 Å². The largest absolute Gasteiger partial charge is 0.493 e. The Labute approximate surface area is 215 Å². The molecule has 1 atom stereocenters. The van der Waals surface area contributed by atoms with Gasteiger partial charge in [0.2, 0.25) is 0 Å². The van der Waals surface area contributed by atoms with E-state index in [2.05, 4.69) is 39.6 Å². The first-order valence-electron chi connectivity index (χ1n) is 11.8. The Kier molecular flexibility index (Phi) is 7.36. The maximum atomic E-state index is 11.8. The number of methoxy groups -OCH3 is 1. The zero-order valence-electron chi connectivity index (χ0n) is 21.3. The van der Waals surface area contributed by atoms with E-state index in [0.717, 1.165) is 58.4 Å². The highest BCUT2D eigenvalue weighted by atomic mass is 32.2. The van der Waals surface area contributed by atoms with Crippen molar-refractivity contribution in [1.82, 2.24) is 5.32 Å². The number of imide groups is 1. The predicted octanol–water partition coefficient (Wildman–Crippen LogP) is 5.67. The van der Waals surface area contributed by atoms with Gasteiger partial charge in [-0.2, -0.15) is 0 Å². The van der Waals surface area contributed by atoms with Gasteiger partial charge in [0.15, 0.2) is 11.5 Å². The molecule has 190 valence electrons. The summed E-state index contributed by atoms with van der Waals surface area (Å²) < 4.78 is 24.2. The molecule has 1 fully saturated rings. The van der Waals surface area contributed by atoms with Gasteiger partial charge in [-0.3, -0.25) is 14.9 Å². The van der Waals surface area contributed by atoms with Gasteiger partial charge in [0.05, 0.1) is 12.0 Å². The van der Waals surface area contributed by atoms with E-state index in [4.69, 9.17) is 18.9 Å². The Bertz CT molecular complexity index is 1270. The summed E-state index contributed by atoms with van der Waals surface area (Å²) in [6.45, 7) is 12.8. The van der Waals surface area contributed by atoms with E-state index in [9.17, 15) is 9.59 Å². The van der Waals surface area contributed by atoms with Crippen LogP contribution < -0.4 is 24.3 Å². The Balaban J connectivity index is 1.51. The molecule has 0 saturated carbocycles. The number of hydrogen-bond acceptors (Lipinski definition) is 7. The fourth-order valence-corrected chi connectivity index (χ4v) is 5.12. The van der Waals surface area contributed by atoms with Crippen LogP contribution in [-0.2, 0) is 11.2 Å². The highest BCUT2D eigenvalue weighted by molar-refractivity contribution is 8.18. The first kappa shape index (κ1) is 25.7. The predicted molar refractivity (Wildman–Crippen MR) is 141 cm³/mol. The number of amides is 2. The fraction of sp³-hybridized carbons (Fsp3) is 0.357. The number of carbonyl (C=O) groups is 2. The molecule has 1 saturated heterocycles. The van der Waals surface area contributed by atoms with Crippen LogP contribution in [-0.4, -0.2) is 37.1 Å². The van der Waals surface area contributed by atoms with Crippen LogP contribution in [0.25, 0.3) is 6.08 Å². The SMILES string of the molecule is C=CCOc1c(C)c(C)c2c(c1C)CC[C@@](C)(COc1ccc(/C=C3\SC(=O)NC3=O)cc1OC)O2. The lowest BCUT2D eigenvalue weighted by molar-refractivity contribution is -0.115. The van der Waals surface area contributed by atoms with E-state index in [-0.39, 0.29) is 5.24 Å². The van der Waals surface area contributed by atoms with E-state index in [1.165, 1.54) is 5.56 Å². The third-order valence-corrected chi connectivity index (χ3v) is 7.38. The zero-order chi connectivity index (χ0) is 26.0. The lowest BCUT2D eigenvalue weighted by atomic mass is 9.87. The van der Waals surface area contributed by atoms with E-state index < -0.39 is 11.5 Å². The van der Waals surface area contributed by atoms with Gasteiger partial charge in [-0.05, 0) is 92.8 Å². The van der Waals surface area contributed by atoms with Crippen molar-refractivity contribution in [3.63, 3.8) is 0 Å². The van der Waals surface area contributed by atoms with Gasteiger partial charge in [0, 0.05) is 5.56 Å². The van der Waals surface area contributed by atoms with Crippen molar-refractivity contribution in [3.8, 4) is 23.0 Å². The normalized spacial score (nSPS) is 20.0. The molecule has 7 nitrogen and oxygen atoms in total. The molecule has 0 unspecified atom stereocenters. The van der Waals surface area contributed by atoms with Crippen LogP contribution >= 0.6 is 11.8 Å². The summed E-state index contributed by atoms with van der Waals surface area (Å²) >= 11 is 0.877. The molecule has 2 aliphatic rings. The van der Waals surface area contributed by atoms with E-state index in [0.29, 0.717) is 29.6 Å². The molecule has 2 aliphatic heterocycles. The molecule has 4 rings (SSSR count). The third-order valence-electron chi connectivity index (χ3n) is 6.57. The summed E-state index contributed by atoms with van der Waals surface area (Å²) in [5, 5.41) is 1.88. The molecule has 2 amide bonds. The van der Waals surface area contributed by atoms with Crippen molar-refractivity contribution in [2.45, 2.75) is 46.1 Å². The fourth-order valence-electron chi connectivity index (χ4n) is 4.44. The minimum atomic E-state index is -0.523. The van der Waals surface area contributed by atoms with E-state index in [1.54, 1.807) is 31.4 Å². The molecule has 0 radical (unpaired) electrons. The molecule has 0 bridgehead atoms. The van der Waals surface area contributed by atoms with Gasteiger partial charge in [-0.15, -0.1) is 0 Å². The minimum absolute atomic E-state index is 0.336. The second kappa shape index (κ2) is 10.3. The lowest BCUT2D eigenvalue weighted by Gasteiger charge is -2.38. The quantitative estimate of drug-likeness (QED) is 0.362. The Morgan fingerprint density at radius 2 is 1.92 bits per heavy atom.